The van der Waals surface area contributed by atoms with E-state index in [1.807, 2.05) is 36.4 Å². The second-order valence-electron chi connectivity index (χ2n) is 8.76. The van der Waals surface area contributed by atoms with Gasteiger partial charge in [-0.15, -0.1) is 0 Å². The molecular weight excluding hydrogens is 409 g/mol. The average Bonchev–Trinajstić information content (AvgIpc) is 3.08. The lowest BCUT2D eigenvalue weighted by Gasteiger charge is -2.34. The van der Waals surface area contributed by atoms with Crippen LogP contribution in [0.5, 0.6) is 0 Å². The lowest BCUT2D eigenvalue weighted by atomic mass is 9.90. The van der Waals surface area contributed by atoms with Gasteiger partial charge in [0.15, 0.2) is 0 Å². The van der Waals surface area contributed by atoms with E-state index in [0.717, 1.165) is 24.2 Å². The molecule has 2 amide bonds. The maximum atomic E-state index is 13.6. The molecule has 0 radical (unpaired) electrons. The third kappa shape index (κ3) is 4.35. The lowest BCUT2D eigenvalue weighted by Crippen LogP contribution is -2.43. The predicted molar refractivity (Wildman–Crippen MR) is 120 cm³/mol. The van der Waals surface area contributed by atoms with E-state index in [9.17, 15) is 14.0 Å². The number of piperidine rings is 1. The Labute approximate surface area is 186 Å². The molecule has 3 heterocycles. The zero-order valence-electron chi connectivity index (χ0n) is 18.6. The molecule has 0 spiro atoms. The fraction of sp³-hybridized carbons (Fsp3) is 0.417. The Balaban J connectivity index is 1.57. The molecule has 1 saturated heterocycles. The van der Waals surface area contributed by atoms with Crippen molar-refractivity contribution in [2.24, 2.45) is 11.7 Å². The van der Waals surface area contributed by atoms with E-state index < -0.39 is 11.7 Å². The van der Waals surface area contributed by atoms with Crippen LogP contribution in [0.15, 0.2) is 30.3 Å². The van der Waals surface area contributed by atoms with E-state index in [2.05, 4.69) is 10.1 Å². The van der Waals surface area contributed by atoms with Crippen LogP contribution < -0.4 is 5.73 Å². The molecule has 3 aromatic rings. The van der Waals surface area contributed by atoms with Crippen molar-refractivity contribution in [1.82, 2.24) is 19.7 Å². The van der Waals surface area contributed by atoms with Crippen LogP contribution >= 0.6 is 0 Å². The highest BCUT2D eigenvalue weighted by Gasteiger charge is 2.31. The molecule has 0 bridgehead atoms. The number of carbonyl (C=O) groups is 2. The highest BCUT2D eigenvalue weighted by molar-refractivity contribution is 5.98. The summed E-state index contributed by atoms with van der Waals surface area (Å²) in [5.41, 5.74) is 9.07. The summed E-state index contributed by atoms with van der Waals surface area (Å²) < 4.78 is 15.5. The molecule has 168 valence electrons. The largest absolute Gasteiger partial charge is 0.366 e. The fourth-order valence-corrected chi connectivity index (χ4v) is 4.58. The summed E-state index contributed by atoms with van der Waals surface area (Å²) in [6.07, 6.45) is 1.61. The topological polar surface area (TPSA) is 94.1 Å². The molecule has 1 aliphatic rings. The Morgan fingerprint density at radius 1 is 1.25 bits per heavy atom. The van der Waals surface area contributed by atoms with Crippen LogP contribution in [0.25, 0.3) is 10.9 Å². The van der Waals surface area contributed by atoms with E-state index in [-0.39, 0.29) is 23.3 Å². The van der Waals surface area contributed by atoms with Gasteiger partial charge in [-0.1, -0.05) is 6.92 Å². The summed E-state index contributed by atoms with van der Waals surface area (Å²) >= 11 is 0. The van der Waals surface area contributed by atoms with Gasteiger partial charge in [0.25, 0.3) is 5.91 Å². The second-order valence-corrected chi connectivity index (χ2v) is 8.76. The minimum Gasteiger partial charge on any atom is -0.366 e. The third-order valence-corrected chi connectivity index (χ3v) is 6.16. The predicted octanol–water partition coefficient (Wildman–Crippen LogP) is 3.33. The molecular formula is C24H28FN5O2. The second kappa shape index (κ2) is 8.68. The first-order chi connectivity index (χ1) is 15.2. The minimum atomic E-state index is -0.597. The maximum absolute atomic E-state index is 13.6. The number of carbonyl (C=O) groups excluding carboxylic acids is 2. The van der Waals surface area contributed by atoms with Gasteiger partial charge in [-0.25, -0.2) is 4.39 Å². The molecule has 4 rings (SSSR count). The average molecular weight is 438 g/mol. The number of hydrogen-bond donors (Lipinski definition) is 1. The summed E-state index contributed by atoms with van der Waals surface area (Å²) in [5.74, 6) is -1.26. The molecule has 1 fully saturated rings. The first kappa shape index (κ1) is 21.9. The van der Waals surface area contributed by atoms with Gasteiger partial charge in [0.1, 0.15) is 5.82 Å². The standard InChI is InChI=1S/C24H28FN5O2/c1-14(12-30-16(3)9-15(2)28-30)24(32)29-8-4-5-17(13-29)22-20(23(26)31)11-18-10-19(25)6-7-21(18)27-22/h6-7,9-11,14,17H,4-5,8,12-13H2,1-3H3,(H2,26,31). The number of aryl methyl sites for hydroxylation is 2. The van der Waals surface area contributed by atoms with E-state index in [0.29, 0.717) is 36.2 Å². The molecule has 0 saturated carbocycles. The van der Waals surface area contributed by atoms with Crippen molar-refractivity contribution in [2.75, 3.05) is 13.1 Å². The highest BCUT2D eigenvalue weighted by atomic mass is 19.1. The van der Waals surface area contributed by atoms with Crippen LogP contribution in [0.4, 0.5) is 4.39 Å². The Kier molecular flexibility index (Phi) is 5.95. The van der Waals surface area contributed by atoms with Crippen LogP contribution in [-0.2, 0) is 11.3 Å². The molecule has 0 aliphatic carbocycles. The number of likely N-dealkylation sites (tertiary alicyclic amines) is 1. The number of pyridine rings is 1. The number of fused-ring (bicyclic) bond motifs is 1. The SMILES string of the molecule is Cc1cc(C)n(CC(C)C(=O)N2CCCC(c3nc4ccc(F)cc4cc3C(N)=O)C2)n1. The number of halogens is 1. The summed E-state index contributed by atoms with van der Waals surface area (Å²) in [6.45, 7) is 7.50. The molecule has 2 N–H and O–H groups in total. The van der Waals surface area contributed by atoms with Crippen molar-refractivity contribution >= 4 is 22.7 Å². The van der Waals surface area contributed by atoms with E-state index >= 15 is 0 Å². The van der Waals surface area contributed by atoms with Gasteiger partial charge in [-0.05, 0) is 57.0 Å². The molecule has 2 aromatic heterocycles. The number of nitrogens with two attached hydrogens (primary N) is 1. The van der Waals surface area contributed by atoms with Crippen LogP contribution in [-0.4, -0.2) is 44.6 Å². The number of aromatic nitrogens is 3. The molecule has 2 atom stereocenters. The first-order valence-corrected chi connectivity index (χ1v) is 10.9. The summed E-state index contributed by atoms with van der Waals surface area (Å²) in [4.78, 5) is 31.9. The van der Waals surface area contributed by atoms with Crippen molar-refractivity contribution in [3.05, 3.63) is 58.8 Å². The van der Waals surface area contributed by atoms with Crippen molar-refractivity contribution in [2.45, 2.75) is 46.1 Å². The Hall–Kier alpha value is -3.29. The maximum Gasteiger partial charge on any atom is 0.250 e. The Morgan fingerprint density at radius 3 is 2.72 bits per heavy atom. The van der Waals surface area contributed by atoms with Crippen molar-refractivity contribution in [3.63, 3.8) is 0 Å². The van der Waals surface area contributed by atoms with Gasteiger partial charge in [0, 0.05) is 30.1 Å². The Morgan fingerprint density at radius 2 is 2.03 bits per heavy atom. The summed E-state index contributed by atoms with van der Waals surface area (Å²) in [6, 6.07) is 7.89. The van der Waals surface area contributed by atoms with E-state index in [1.165, 1.54) is 12.1 Å². The summed E-state index contributed by atoms with van der Waals surface area (Å²) in [5, 5.41) is 5.00. The number of hydrogen-bond acceptors (Lipinski definition) is 4. The quantitative estimate of drug-likeness (QED) is 0.662. The minimum absolute atomic E-state index is 0.0609. The smallest absolute Gasteiger partial charge is 0.250 e. The molecule has 1 aliphatic heterocycles. The van der Waals surface area contributed by atoms with Gasteiger partial charge < -0.3 is 10.6 Å². The zero-order valence-corrected chi connectivity index (χ0v) is 18.6. The normalized spacial score (nSPS) is 17.5. The van der Waals surface area contributed by atoms with E-state index in [1.54, 1.807) is 12.1 Å². The molecule has 1 aromatic carbocycles. The molecule has 2 unspecified atom stereocenters. The number of nitrogens with zero attached hydrogens (tertiary/aromatic N) is 4. The fourth-order valence-electron chi connectivity index (χ4n) is 4.58. The van der Waals surface area contributed by atoms with Crippen LogP contribution in [0.3, 0.4) is 0 Å². The van der Waals surface area contributed by atoms with Crippen LogP contribution in [0.1, 0.15) is 53.1 Å². The van der Waals surface area contributed by atoms with Crippen molar-refractivity contribution < 1.29 is 14.0 Å². The monoisotopic (exact) mass is 437 g/mol. The van der Waals surface area contributed by atoms with Gasteiger partial charge in [0.05, 0.1) is 34.9 Å². The molecule has 7 nitrogen and oxygen atoms in total. The van der Waals surface area contributed by atoms with Crippen molar-refractivity contribution in [3.8, 4) is 0 Å². The van der Waals surface area contributed by atoms with Gasteiger partial charge in [-0.2, -0.15) is 5.10 Å². The third-order valence-electron chi connectivity index (χ3n) is 6.16. The number of benzene rings is 1. The number of rotatable bonds is 5. The zero-order chi connectivity index (χ0) is 23.0. The van der Waals surface area contributed by atoms with Crippen molar-refractivity contribution in [1.29, 1.82) is 0 Å². The van der Waals surface area contributed by atoms with Gasteiger partial charge in [-0.3, -0.25) is 19.3 Å². The van der Waals surface area contributed by atoms with E-state index in [4.69, 9.17) is 5.73 Å². The van der Waals surface area contributed by atoms with Gasteiger partial charge in [0.2, 0.25) is 5.91 Å². The molecule has 8 heteroatoms. The van der Waals surface area contributed by atoms with Crippen LogP contribution in [0, 0.1) is 25.6 Å². The molecule has 32 heavy (non-hydrogen) atoms. The lowest BCUT2D eigenvalue weighted by molar-refractivity contribution is -0.136. The first-order valence-electron chi connectivity index (χ1n) is 10.9. The highest BCUT2D eigenvalue weighted by Crippen LogP contribution is 2.31. The number of amides is 2. The Bertz CT molecular complexity index is 1190. The van der Waals surface area contributed by atoms with Gasteiger partial charge >= 0.3 is 0 Å². The van der Waals surface area contributed by atoms with Crippen LogP contribution in [0.2, 0.25) is 0 Å². The summed E-state index contributed by atoms with van der Waals surface area (Å²) in [7, 11) is 0. The number of primary amides is 1.